The summed E-state index contributed by atoms with van der Waals surface area (Å²) in [4.78, 5) is 14.2. The number of hydrogen-bond donors (Lipinski definition) is 1. The predicted octanol–water partition coefficient (Wildman–Crippen LogP) is 4.41. The van der Waals surface area contributed by atoms with Crippen LogP contribution in [0.25, 0.3) is 0 Å². The van der Waals surface area contributed by atoms with Gasteiger partial charge in [-0.2, -0.15) is 0 Å². The summed E-state index contributed by atoms with van der Waals surface area (Å²) in [5, 5.41) is 1.02. The Morgan fingerprint density at radius 1 is 1.19 bits per heavy atom. The molecule has 0 aromatic heterocycles. The van der Waals surface area contributed by atoms with Crippen LogP contribution in [0, 0.1) is 0 Å². The Kier molecular flexibility index (Phi) is 4.76. The Labute approximate surface area is 134 Å². The number of rotatable bonds is 3. The van der Waals surface area contributed by atoms with Crippen molar-refractivity contribution in [2.45, 2.75) is 13.0 Å². The zero-order chi connectivity index (χ0) is 15.6. The molecular weight excluding hydrogens is 307 g/mol. The van der Waals surface area contributed by atoms with Crippen LogP contribution in [0.1, 0.15) is 28.9 Å². The van der Waals surface area contributed by atoms with Gasteiger partial charge in [-0.1, -0.05) is 41.4 Å². The van der Waals surface area contributed by atoms with Crippen molar-refractivity contribution in [1.82, 2.24) is 4.90 Å². The molecule has 3 nitrogen and oxygen atoms in total. The summed E-state index contributed by atoms with van der Waals surface area (Å²) < 4.78 is 0. The van der Waals surface area contributed by atoms with Gasteiger partial charge in [-0.05, 0) is 36.8 Å². The summed E-state index contributed by atoms with van der Waals surface area (Å²) >= 11 is 12.0. The smallest absolute Gasteiger partial charge is 0.256 e. The van der Waals surface area contributed by atoms with Gasteiger partial charge in [-0.15, -0.1) is 0 Å². The molecule has 0 aliphatic heterocycles. The Balaban J connectivity index is 2.29. The Morgan fingerprint density at radius 2 is 1.86 bits per heavy atom. The summed E-state index contributed by atoms with van der Waals surface area (Å²) in [6.45, 7) is 1.93. The van der Waals surface area contributed by atoms with Gasteiger partial charge < -0.3 is 10.6 Å². The van der Waals surface area contributed by atoms with Crippen molar-refractivity contribution in [2.24, 2.45) is 0 Å². The van der Waals surface area contributed by atoms with Crippen LogP contribution < -0.4 is 5.73 Å². The molecule has 2 rings (SSSR count). The number of amides is 1. The Hall–Kier alpha value is -1.71. The first kappa shape index (κ1) is 15.7. The maximum Gasteiger partial charge on any atom is 0.256 e. The molecule has 0 heterocycles. The highest BCUT2D eigenvalue weighted by Crippen LogP contribution is 2.27. The average Bonchev–Trinajstić information content (AvgIpc) is 2.48. The predicted molar refractivity (Wildman–Crippen MR) is 87.8 cm³/mol. The van der Waals surface area contributed by atoms with Crippen molar-refractivity contribution in [3.05, 3.63) is 63.6 Å². The lowest BCUT2D eigenvalue weighted by atomic mass is 10.1. The molecule has 21 heavy (non-hydrogen) atoms. The summed E-state index contributed by atoms with van der Waals surface area (Å²) in [6, 6.07) is 12.4. The molecule has 1 atom stereocenters. The van der Waals surface area contributed by atoms with Gasteiger partial charge in [0, 0.05) is 12.1 Å². The maximum absolute atomic E-state index is 12.6. The molecule has 110 valence electrons. The van der Waals surface area contributed by atoms with Gasteiger partial charge in [0.15, 0.2) is 0 Å². The third kappa shape index (κ3) is 3.31. The van der Waals surface area contributed by atoms with E-state index in [0.29, 0.717) is 21.3 Å². The quantitative estimate of drug-likeness (QED) is 0.851. The van der Waals surface area contributed by atoms with E-state index in [1.807, 2.05) is 25.1 Å². The fourth-order valence-corrected chi connectivity index (χ4v) is 2.45. The number of halogens is 2. The Bertz CT molecular complexity index is 673. The molecule has 0 saturated heterocycles. The molecule has 0 aliphatic carbocycles. The standard InChI is InChI=1S/C16H16Cl2N2O/c1-10(11-5-3-6-12(17)9-11)20(2)16(21)13-7-4-8-14(18)15(13)19/h3-10H,19H2,1-2H3. The van der Waals surface area contributed by atoms with E-state index in [9.17, 15) is 4.79 Å². The van der Waals surface area contributed by atoms with Crippen LogP contribution in [0.5, 0.6) is 0 Å². The van der Waals surface area contributed by atoms with Crippen LogP contribution in [-0.2, 0) is 0 Å². The van der Waals surface area contributed by atoms with E-state index < -0.39 is 0 Å². The summed E-state index contributed by atoms with van der Waals surface area (Å²) in [5.41, 5.74) is 7.54. The highest BCUT2D eigenvalue weighted by Gasteiger charge is 2.21. The first-order valence-corrected chi connectivity index (χ1v) is 7.24. The van der Waals surface area contributed by atoms with Crippen LogP contribution in [-0.4, -0.2) is 17.9 Å². The summed E-state index contributed by atoms with van der Waals surface area (Å²) in [5.74, 6) is -0.178. The highest BCUT2D eigenvalue weighted by molar-refractivity contribution is 6.34. The van der Waals surface area contributed by atoms with Gasteiger partial charge >= 0.3 is 0 Å². The summed E-state index contributed by atoms with van der Waals surface area (Å²) in [7, 11) is 1.73. The maximum atomic E-state index is 12.6. The topological polar surface area (TPSA) is 46.3 Å². The van der Waals surface area contributed by atoms with Crippen LogP contribution in [0.4, 0.5) is 5.69 Å². The van der Waals surface area contributed by atoms with Crippen LogP contribution >= 0.6 is 23.2 Å². The summed E-state index contributed by atoms with van der Waals surface area (Å²) in [6.07, 6.45) is 0. The van der Waals surface area contributed by atoms with Gasteiger partial charge in [0.2, 0.25) is 0 Å². The number of anilines is 1. The van der Waals surface area contributed by atoms with Crippen molar-refractivity contribution in [2.75, 3.05) is 12.8 Å². The van der Waals surface area contributed by atoms with Gasteiger partial charge in [-0.25, -0.2) is 0 Å². The van der Waals surface area contributed by atoms with Crippen LogP contribution in [0.2, 0.25) is 10.0 Å². The first-order chi connectivity index (χ1) is 9.91. The fourth-order valence-electron chi connectivity index (χ4n) is 2.08. The molecular formula is C16H16Cl2N2O. The minimum Gasteiger partial charge on any atom is -0.397 e. The van der Waals surface area contributed by atoms with E-state index in [4.69, 9.17) is 28.9 Å². The van der Waals surface area contributed by atoms with E-state index in [2.05, 4.69) is 0 Å². The molecule has 1 amide bonds. The molecule has 0 spiro atoms. The molecule has 0 aliphatic rings. The zero-order valence-corrected chi connectivity index (χ0v) is 13.3. The van der Waals surface area contributed by atoms with Crippen molar-refractivity contribution >= 4 is 34.8 Å². The number of nitrogens with zero attached hydrogens (tertiary/aromatic N) is 1. The molecule has 0 saturated carbocycles. The minimum absolute atomic E-state index is 0.130. The number of hydrogen-bond acceptors (Lipinski definition) is 2. The molecule has 2 aromatic rings. The van der Waals surface area contributed by atoms with E-state index >= 15 is 0 Å². The number of nitrogen functional groups attached to an aromatic ring is 1. The van der Waals surface area contributed by atoms with E-state index in [0.717, 1.165) is 5.56 Å². The first-order valence-electron chi connectivity index (χ1n) is 6.48. The zero-order valence-electron chi connectivity index (χ0n) is 11.8. The van der Waals surface area contributed by atoms with Crippen molar-refractivity contribution < 1.29 is 4.79 Å². The highest BCUT2D eigenvalue weighted by atomic mass is 35.5. The SMILES string of the molecule is CC(c1cccc(Cl)c1)N(C)C(=O)c1cccc(Cl)c1N. The lowest BCUT2D eigenvalue weighted by Crippen LogP contribution is -2.30. The van der Waals surface area contributed by atoms with E-state index in [-0.39, 0.29) is 11.9 Å². The fraction of sp³-hybridized carbons (Fsp3) is 0.188. The monoisotopic (exact) mass is 322 g/mol. The number of carbonyl (C=O) groups excluding carboxylic acids is 1. The second-order valence-electron chi connectivity index (χ2n) is 4.85. The van der Waals surface area contributed by atoms with Gasteiger partial charge in [0.1, 0.15) is 0 Å². The van der Waals surface area contributed by atoms with Crippen molar-refractivity contribution in [1.29, 1.82) is 0 Å². The van der Waals surface area contributed by atoms with Crippen molar-refractivity contribution in [3.63, 3.8) is 0 Å². The van der Waals surface area contributed by atoms with Gasteiger partial charge in [-0.3, -0.25) is 4.79 Å². The largest absolute Gasteiger partial charge is 0.397 e. The van der Waals surface area contributed by atoms with Gasteiger partial charge in [0.25, 0.3) is 5.91 Å². The molecule has 2 N–H and O–H groups in total. The molecule has 1 unspecified atom stereocenters. The second kappa shape index (κ2) is 6.37. The molecule has 5 heteroatoms. The van der Waals surface area contributed by atoms with E-state index in [1.165, 1.54) is 0 Å². The number of nitrogens with two attached hydrogens (primary N) is 1. The second-order valence-corrected chi connectivity index (χ2v) is 5.69. The third-order valence-corrected chi connectivity index (χ3v) is 4.08. The number of carbonyl (C=O) groups is 1. The lowest BCUT2D eigenvalue weighted by Gasteiger charge is -2.26. The normalized spacial score (nSPS) is 12.0. The lowest BCUT2D eigenvalue weighted by molar-refractivity contribution is 0.0743. The van der Waals surface area contributed by atoms with Crippen LogP contribution in [0.3, 0.4) is 0 Å². The van der Waals surface area contributed by atoms with E-state index in [1.54, 1.807) is 36.2 Å². The van der Waals surface area contributed by atoms with Gasteiger partial charge in [0.05, 0.1) is 22.3 Å². The third-order valence-electron chi connectivity index (χ3n) is 3.52. The minimum atomic E-state index is -0.178. The molecule has 2 aromatic carbocycles. The number of para-hydroxylation sites is 1. The van der Waals surface area contributed by atoms with Crippen LogP contribution in [0.15, 0.2) is 42.5 Å². The number of benzene rings is 2. The molecule has 0 radical (unpaired) electrons. The average molecular weight is 323 g/mol. The Morgan fingerprint density at radius 3 is 2.52 bits per heavy atom. The van der Waals surface area contributed by atoms with Crippen molar-refractivity contribution in [3.8, 4) is 0 Å². The molecule has 0 fully saturated rings. The molecule has 0 bridgehead atoms.